The predicted octanol–water partition coefficient (Wildman–Crippen LogP) is 2.82. The van der Waals surface area contributed by atoms with Crippen molar-refractivity contribution in [2.45, 2.75) is 33.1 Å². The molecular weight excluding hydrogens is 417 g/mol. The lowest BCUT2D eigenvalue weighted by Gasteiger charge is -2.16. The Morgan fingerprint density at radius 3 is 2.71 bits per heavy atom. The zero-order valence-electron chi connectivity index (χ0n) is 14.7. The van der Waals surface area contributed by atoms with Crippen molar-refractivity contribution in [1.29, 1.82) is 0 Å². The number of aliphatic imine (C=N–C) groups is 1. The van der Waals surface area contributed by atoms with E-state index in [9.17, 15) is 0 Å². The second-order valence-corrected chi connectivity index (χ2v) is 5.68. The standard InChI is InChI=1S/C17H25N5O.HI/c1-12-6-5-7-15(10-12)13(2)11-20-17(18-4)19-9-8-16-21-14(3)22-23-16;/h5-7,10,13H,8-9,11H2,1-4H3,(H2,18,19,20);1H. The molecule has 2 aromatic rings. The molecule has 0 saturated carbocycles. The van der Waals surface area contributed by atoms with Crippen molar-refractivity contribution < 1.29 is 4.52 Å². The molecule has 0 bridgehead atoms. The summed E-state index contributed by atoms with van der Waals surface area (Å²) in [6.07, 6.45) is 0.676. The molecule has 1 aromatic carbocycles. The zero-order chi connectivity index (χ0) is 16.7. The normalized spacial score (nSPS) is 12.4. The highest BCUT2D eigenvalue weighted by Crippen LogP contribution is 2.15. The number of aryl methyl sites for hydroxylation is 2. The molecule has 0 fully saturated rings. The van der Waals surface area contributed by atoms with Gasteiger partial charge in [0.15, 0.2) is 11.8 Å². The summed E-state index contributed by atoms with van der Waals surface area (Å²) in [6.45, 7) is 7.65. The number of benzene rings is 1. The van der Waals surface area contributed by atoms with Crippen molar-refractivity contribution in [1.82, 2.24) is 20.8 Å². The van der Waals surface area contributed by atoms with Crippen molar-refractivity contribution in [2.24, 2.45) is 4.99 Å². The highest BCUT2D eigenvalue weighted by molar-refractivity contribution is 14.0. The molecule has 24 heavy (non-hydrogen) atoms. The molecule has 132 valence electrons. The molecular formula is C17H26IN5O. The SMILES string of the molecule is CN=C(NCCc1nc(C)no1)NCC(C)c1cccc(C)c1.I. The van der Waals surface area contributed by atoms with Crippen LogP contribution in [0.4, 0.5) is 0 Å². The summed E-state index contributed by atoms with van der Waals surface area (Å²) in [5.74, 6) is 2.49. The van der Waals surface area contributed by atoms with Crippen molar-refractivity contribution in [3.63, 3.8) is 0 Å². The first kappa shape index (κ1) is 20.4. The molecule has 0 aliphatic carbocycles. The summed E-state index contributed by atoms with van der Waals surface area (Å²) in [5.41, 5.74) is 2.61. The Bertz CT molecular complexity index is 656. The molecule has 0 aliphatic rings. The van der Waals surface area contributed by atoms with Crippen LogP contribution in [0.25, 0.3) is 0 Å². The second-order valence-electron chi connectivity index (χ2n) is 5.68. The van der Waals surface area contributed by atoms with Gasteiger partial charge in [-0.25, -0.2) is 0 Å². The van der Waals surface area contributed by atoms with E-state index in [0.29, 0.717) is 30.6 Å². The van der Waals surface area contributed by atoms with Gasteiger partial charge in [0.05, 0.1) is 0 Å². The molecule has 0 radical (unpaired) electrons. The third kappa shape index (κ3) is 6.46. The number of hydrogen-bond donors (Lipinski definition) is 2. The molecule has 0 aliphatic heterocycles. The van der Waals surface area contributed by atoms with Crippen LogP contribution in [0.1, 0.15) is 35.7 Å². The van der Waals surface area contributed by atoms with Crippen LogP contribution in [0.5, 0.6) is 0 Å². The van der Waals surface area contributed by atoms with E-state index in [4.69, 9.17) is 4.52 Å². The van der Waals surface area contributed by atoms with Gasteiger partial charge in [0.25, 0.3) is 0 Å². The van der Waals surface area contributed by atoms with Gasteiger partial charge in [-0.3, -0.25) is 4.99 Å². The van der Waals surface area contributed by atoms with Gasteiger partial charge >= 0.3 is 0 Å². The van der Waals surface area contributed by atoms with E-state index in [1.807, 2.05) is 6.92 Å². The van der Waals surface area contributed by atoms with E-state index in [0.717, 1.165) is 12.5 Å². The maximum Gasteiger partial charge on any atom is 0.228 e. The molecule has 1 unspecified atom stereocenters. The lowest BCUT2D eigenvalue weighted by molar-refractivity contribution is 0.374. The maximum atomic E-state index is 5.09. The summed E-state index contributed by atoms with van der Waals surface area (Å²) in [6, 6.07) is 8.60. The molecule has 1 atom stereocenters. The summed E-state index contributed by atoms with van der Waals surface area (Å²) in [4.78, 5) is 8.41. The van der Waals surface area contributed by atoms with Gasteiger partial charge in [-0.15, -0.1) is 24.0 Å². The van der Waals surface area contributed by atoms with E-state index in [-0.39, 0.29) is 24.0 Å². The highest BCUT2D eigenvalue weighted by Gasteiger charge is 2.07. The van der Waals surface area contributed by atoms with Crippen LogP contribution in [0.2, 0.25) is 0 Å². The molecule has 6 nitrogen and oxygen atoms in total. The largest absolute Gasteiger partial charge is 0.356 e. The van der Waals surface area contributed by atoms with Gasteiger partial charge in [0.1, 0.15) is 0 Å². The molecule has 0 amide bonds. The first-order valence-corrected chi connectivity index (χ1v) is 7.88. The van der Waals surface area contributed by atoms with Gasteiger partial charge in [-0.05, 0) is 25.3 Å². The quantitative estimate of drug-likeness (QED) is 0.408. The highest BCUT2D eigenvalue weighted by atomic mass is 127. The third-order valence-electron chi connectivity index (χ3n) is 3.61. The van der Waals surface area contributed by atoms with E-state index < -0.39 is 0 Å². The topological polar surface area (TPSA) is 75.3 Å². The molecule has 0 saturated heterocycles. The van der Waals surface area contributed by atoms with Crippen molar-refractivity contribution in [3.8, 4) is 0 Å². The molecule has 2 N–H and O–H groups in total. The van der Waals surface area contributed by atoms with Crippen molar-refractivity contribution in [2.75, 3.05) is 20.1 Å². The van der Waals surface area contributed by atoms with Crippen molar-refractivity contribution in [3.05, 3.63) is 47.1 Å². The van der Waals surface area contributed by atoms with Crippen LogP contribution < -0.4 is 10.6 Å². The van der Waals surface area contributed by atoms with Crippen molar-refractivity contribution >= 4 is 29.9 Å². The van der Waals surface area contributed by atoms with Gasteiger partial charge in [-0.2, -0.15) is 4.98 Å². The van der Waals surface area contributed by atoms with E-state index >= 15 is 0 Å². The van der Waals surface area contributed by atoms with E-state index in [1.54, 1.807) is 7.05 Å². The summed E-state index contributed by atoms with van der Waals surface area (Å²) in [7, 11) is 1.77. The van der Waals surface area contributed by atoms with E-state index in [2.05, 4.69) is 63.9 Å². The van der Waals surface area contributed by atoms with Gasteiger partial charge in [0, 0.05) is 26.6 Å². The summed E-state index contributed by atoms with van der Waals surface area (Å²) >= 11 is 0. The number of nitrogens with one attached hydrogen (secondary N) is 2. The predicted molar refractivity (Wildman–Crippen MR) is 107 cm³/mol. The lowest BCUT2D eigenvalue weighted by atomic mass is 9.99. The van der Waals surface area contributed by atoms with Crippen LogP contribution in [0.15, 0.2) is 33.8 Å². The number of nitrogens with zero attached hydrogens (tertiary/aromatic N) is 3. The maximum absolute atomic E-state index is 5.09. The Morgan fingerprint density at radius 1 is 1.29 bits per heavy atom. The Kier molecular flexibility index (Phi) is 8.73. The summed E-state index contributed by atoms with van der Waals surface area (Å²) in [5, 5.41) is 10.4. The average molecular weight is 443 g/mol. The minimum atomic E-state index is 0. The smallest absolute Gasteiger partial charge is 0.228 e. The molecule has 1 aromatic heterocycles. The zero-order valence-corrected chi connectivity index (χ0v) is 17.0. The third-order valence-corrected chi connectivity index (χ3v) is 3.61. The van der Waals surface area contributed by atoms with Crippen LogP contribution in [-0.4, -0.2) is 36.2 Å². The Hall–Kier alpha value is -1.64. The monoisotopic (exact) mass is 443 g/mol. The summed E-state index contributed by atoms with van der Waals surface area (Å²) < 4.78 is 5.09. The molecule has 1 heterocycles. The number of rotatable bonds is 6. The van der Waals surface area contributed by atoms with Crippen LogP contribution >= 0.6 is 24.0 Å². The molecule has 7 heteroatoms. The Morgan fingerprint density at radius 2 is 2.08 bits per heavy atom. The molecule has 2 rings (SSSR count). The number of halogens is 1. The van der Waals surface area contributed by atoms with E-state index in [1.165, 1.54) is 11.1 Å². The number of aromatic nitrogens is 2. The second kappa shape index (κ2) is 10.3. The fourth-order valence-corrected chi connectivity index (χ4v) is 2.29. The Balaban J connectivity index is 0.00000288. The number of guanidine groups is 1. The Labute approximate surface area is 160 Å². The number of hydrogen-bond acceptors (Lipinski definition) is 4. The fourth-order valence-electron chi connectivity index (χ4n) is 2.29. The van der Waals surface area contributed by atoms with Crippen LogP contribution in [0.3, 0.4) is 0 Å². The lowest BCUT2D eigenvalue weighted by Crippen LogP contribution is -2.39. The van der Waals surface area contributed by atoms with Crippen LogP contribution in [-0.2, 0) is 6.42 Å². The average Bonchev–Trinajstić information content (AvgIpc) is 2.95. The fraction of sp³-hybridized carbons (Fsp3) is 0.471. The molecule has 0 spiro atoms. The van der Waals surface area contributed by atoms with Gasteiger partial charge in [0.2, 0.25) is 5.89 Å². The minimum absolute atomic E-state index is 0. The van der Waals surface area contributed by atoms with Gasteiger partial charge < -0.3 is 15.2 Å². The first-order chi connectivity index (χ1) is 11.1. The first-order valence-electron chi connectivity index (χ1n) is 7.88. The van der Waals surface area contributed by atoms with Gasteiger partial charge in [-0.1, -0.05) is 41.9 Å². The minimum Gasteiger partial charge on any atom is -0.356 e. The van der Waals surface area contributed by atoms with Crippen LogP contribution in [0, 0.1) is 13.8 Å².